The van der Waals surface area contributed by atoms with Gasteiger partial charge in [-0.2, -0.15) is 0 Å². The zero-order valence-corrected chi connectivity index (χ0v) is 12.7. The summed E-state index contributed by atoms with van der Waals surface area (Å²) in [4.78, 5) is 11.9. The lowest BCUT2D eigenvalue weighted by Gasteiger charge is -2.32. The van der Waals surface area contributed by atoms with Crippen LogP contribution in [0.15, 0.2) is 42.7 Å². The van der Waals surface area contributed by atoms with E-state index in [4.69, 9.17) is 18.9 Å². The van der Waals surface area contributed by atoms with E-state index in [-0.39, 0.29) is 31.6 Å². The highest BCUT2D eigenvalue weighted by Gasteiger charge is 2.31. The SMILES string of the molecule is COCO[C@H]1[C@H](NC(=O)OCc2ccccc2)C=CO[C@@H]1C. The lowest BCUT2D eigenvalue weighted by molar-refractivity contribution is -0.122. The highest BCUT2D eigenvalue weighted by molar-refractivity contribution is 5.68. The molecule has 1 aliphatic rings. The van der Waals surface area contributed by atoms with Gasteiger partial charge in [-0.05, 0) is 18.6 Å². The lowest BCUT2D eigenvalue weighted by atomic mass is 10.0. The number of amides is 1. The Labute approximate surface area is 130 Å². The Bertz CT molecular complexity index is 491. The number of hydrogen-bond acceptors (Lipinski definition) is 5. The molecule has 1 amide bonds. The lowest BCUT2D eigenvalue weighted by Crippen LogP contribution is -2.50. The van der Waals surface area contributed by atoms with Gasteiger partial charge in [0.15, 0.2) is 0 Å². The van der Waals surface area contributed by atoms with Crippen LogP contribution in [-0.4, -0.2) is 38.2 Å². The number of hydrogen-bond donors (Lipinski definition) is 1. The molecule has 0 spiro atoms. The van der Waals surface area contributed by atoms with Gasteiger partial charge in [-0.3, -0.25) is 0 Å². The highest BCUT2D eigenvalue weighted by Crippen LogP contribution is 2.16. The van der Waals surface area contributed by atoms with Crippen LogP contribution in [0, 0.1) is 0 Å². The predicted molar refractivity (Wildman–Crippen MR) is 80.0 cm³/mol. The molecule has 1 aromatic rings. The third kappa shape index (κ3) is 4.75. The van der Waals surface area contributed by atoms with Crippen molar-refractivity contribution in [2.24, 2.45) is 0 Å². The van der Waals surface area contributed by atoms with Crippen LogP contribution < -0.4 is 5.32 Å². The smallest absolute Gasteiger partial charge is 0.408 e. The van der Waals surface area contributed by atoms with E-state index in [2.05, 4.69) is 5.32 Å². The van der Waals surface area contributed by atoms with E-state index in [0.29, 0.717) is 0 Å². The summed E-state index contributed by atoms with van der Waals surface area (Å²) in [6.07, 6.45) is 2.25. The molecule has 0 bridgehead atoms. The van der Waals surface area contributed by atoms with Gasteiger partial charge in [0.2, 0.25) is 0 Å². The van der Waals surface area contributed by atoms with Crippen LogP contribution in [-0.2, 0) is 25.6 Å². The van der Waals surface area contributed by atoms with Crippen LogP contribution in [0.5, 0.6) is 0 Å². The second kappa shape index (κ2) is 8.41. The molecule has 0 unspecified atom stereocenters. The molecular weight excluding hydrogens is 286 g/mol. The summed E-state index contributed by atoms with van der Waals surface area (Å²) >= 11 is 0. The zero-order valence-electron chi connectivity index (χ0n) is 12.7. The van der Waals surface area contributed by atoms with Crippen LogP contribution in [0.25, 0.3) is 0 Å². The maximum atomic E-state index is 11.9. The Morgan fingerprint density at radius 3 is 2.82 bits per heavy atom. The molecule has 3 atom stereocenters. The molecule has 120 valence electrons. The standard InChI is InChI=1S/C16H21NO5/c1-12-15(22-11-19-2)14(8-9-20-12)17-16(18)21-10-13-6-4-3-5-7-13/h3-9,12,14-15H,10-11H2,1-2H3,(H,17,18)/t12-,14-,15-/m1/s1. The van der Waals surface area contributed by atoms with Crippen LogP contribution in [0.4, 0.5) is 4.79 Å². The molecular formula is C16H21NO5. The van der Waals surface area contributed by atoms with Crippen molar-refractivity contribution in [3.05, 3.63) is 48.2 Å². The fourth-order valence-electron chi connectivity index (χ4n) is 2.15. The van der Waals surface area contributed by atoms with Crippen LogP contribution in [0.1, 0.15) is 12.5 Å². The van der Waals surface area contributed by atoms with Crippen molar-refractivity contribution in [2.45, 2.75) is 31.8 Å². The molecule has 1 heterocycles. The van der Waals surface area contributed by atoms with E-state index in [9.17, 15) is 4.79 Å². The van der Waals surface area contributed by atoms with Crippen LogP contribution in [0.3, 0.4) is 0 Å². The molecule has 1 aromatic carbocycles. The third-order valence-corrected chi connectivity index (χ3v) is 3.27. The number of ether oxygens (including phenoxy) is 4. The van der Waals surface area contributed by atoms with Crippen molar-refractivity contribution in [1.29, 1.82) is 0 Å². The molecule has 2 rings (SSSR count). The summed E-state index contributed by atoms with van der Waals surface area (Å²) < 4.78 is 21.0. The Kier molecular flexibility index (Phi) is 6.24. The molecule has 1 aliphatic heterocycles. The molecule has 6 nitrogen and oxygen atoms in total. The number of rotatable bonds is 6. The molecule has 1 N–H and O–H groups in total. The molecule has 0 aliphatic carbocycles. The normalized spacial score (nSPS) is 23.6. The average molecular weight is 307 g/mol. The average Bonchev–Trinajstić information content (AvgIpc) is 2.53. The largest absolute Gasteiger partial charge is 0.496 e. The van der Waals surface area contributed by atoms with Gasteiger partial charge in [0.25, 0.3) is 0 Å². The first-order valence-corrected chi connectivity index (χ1v) is 7.10. The summed E-state index contributed by atoms with van der Waals surface area (Å²) in [5.74, 6) is 0. The van der Waals surface area contributed by atoms with E-state index in [0.717, 1.165) is 5.56 Å². The first-order chi connectivity index (χ1) is 10.7. The molecule has 0 aromatic heterocycles. The van der Waals surface area contributed by atoms with E-state index in [1.807, 2.05) is 37.3 Å². The van der Waals surface area contributed by atoms with Crippen molar-refractivity contribution in [3.8, 4) is 0 Å². The summed E-state index contributed by atoms with van der Waals surface area (Å²) in [6, 6.07) is 9.17. The Hall–Kier alpha value is -2.05. The number of benzene rings is 1. The quantitative estimate of drug-likeness (QED) is 0.816. The molecule has 6 heteroatoms. The predicted octanol–water partition coefficient (Wildman–Crippen LogP) is 2.20. The molecule has 0 fully saturated rings. The van der Waals surface area contributed by atoms with Gasteiger partial charge < -0.3 is 24.3 Å². The third-order valence-electron chi connectivity index (χ3n) is 3.27. The number of nitrogens with one attached hydrogen (secondary N) is 1. The van der Waals surface area contributed by atoms with Gasteiger partial charge in [0.05, 0.1) is 12.3 Å². The molecule has 0 saturated heterocycles. The first-order valence-electron chi connectivity index (χ1n) is 7.10. The first kappa shape index (κ1) is 16.3. The maximum absolute atomic E-state index is 11.9. The van der Waals surface area contributed by atoms with Gasteiger partial charge in [-0.15, -0.1) is 0 Å². The Morgan fingerprint density at radius 2 is 2.09 bits per heavy atom. The highest BCUT2D eigenvalue weighted by atomic mass is 16.7. The minimum atomic E-state index is -0.501. The molecule has 22 heavy (non-hydrogen) atoms. The minimum absolute atomic E-state index is 0.128. The fraction of sp³-hybridized carbons (Fsp3) is 0.438. The van der Waals surface area contributed by atoms with E-state index >= 15 is 0 Å². The summed E-state index contributed by atoms with van der Waals surface area (Å²) in [5, 5.41) is 2.77. The van der Waals surface area contributed by atoms with Crippen molar-refractivity contribution < 1.29 is 23.7 Å². The van der Waals surface area contributed by atoms with Gasteiger partial charge >= 0.3 is 6.09 Å². The van der Waals surface area contributed by atoms with Gasteiger partial charge in [0.1, 0.15) is 25.6 Å². The zero-order chi connectivity index (χ0) is 15.8. The second-order valence-corrected chi connectivity index (χ2v) is 4.94. The fourth-order valence-corrected chi connectivity index (χ4v) is 2.15. The van der Waals surface area contributed by atoms with E-state index in [1.54, 1.807) is 19.4 Å². The van der Waals surface area contributed by atoms with Gasteiger partial charge in [-0.1, -0.05) is 30.3 Å². The Balaban J connectivity index is 1.85. The summed E-state index contributed by atoms with van der Waals surface area (Å²) in [5.41, 5.74) is 0.931. The Morgan fingerprint density at radius 1 is 1.32 bits per heavy atom. The number of carbonyl (C=O) groups excluding carboxylic acids is 1. The molecule has 0 saturated carbocycles. The molecule has 0 radical (unpaired) electrons. The van der Waals surface area contributed by atoms with E-state index in [1.165, 1.54) is 0 Å². The van der Waals surface area contributed by atoms with E-state index < -0.39 is 6.09 Å². The minimum Gasteiger partial charge on any atom is -0.496 e. The number of carbonyl (C=O) groups is 1. The summed E-state index contributed by atoms with van der Waals surface area (Å²) in [7, 11) is 1.54. The van der Waals surface area contributed by atoms with Crippen LogP contribution in [0.2, 0.25) is 0 Å². The second-order valence-electron chi connectivity index (χ2n) is 4.94. The maximum Gasteiger partial charge on any atom is 0.408 e. The van der Waals surface area contributed by atoms with Crippen molar-refractivity contribution in [1.82, 2.24) is 5.32 Å². The monoisotopic (exact) mass is 307 g/mol. The van der Waals surface area contributed by atoms with Gasteiger partial charge in [0, 0.05) is 7.11 Å². The number of alkyl carbamates (subject to hydrolysis) is 1. The van der Waals surface area contributed by atoms with Crippen molar-refractivity contribution in [3.63, 3.8) is 0 Å². The van der Waals surface area contributed by atoms with Gasteiger partial charge in [-0.25, -0.2) is 4.79 Å². The summed E-state index contributed by atoms with van der Waals surface area (Å²) in [6.45, 7) is 2.22. The number of methoxy groups -OCH3 is 1. The topological polar surface area (TPSA) is 66.0 Å². The van der Waals surface area contributed by atoms with Crippen LogP contribution >= 0.6 is 0 Å². The van der Waals surface area contributed by atoms with Crippen molar-refractivity contribution in [2.75, 3.05) is 13.9 Å². The van der Waals surface area contributed by atoms with Crippen molar-refractivity contribution >= 4 is 6.09 Å².